The second kappa shape index (κ2) is 7.34. The number of aromatic nitrogens is 2. The Morgan fingerprint density at radius 2 is 1.65 bits per heavy atom. The summed E-state index contributed by atoms with van der Waals surface area (Å²) in [5.41, 5.74) is 3.48. The molecular formula is C18H18ClN3O2S2. The molecule has 26 heavy (non-hydrogen) atoms. The molecule has 0 radical (unpaired) electrons. The first-order valence-corrected chi connectivity index (χ1v) is 10.6. The summed E-state index contributed by atoms with van der Waals surface area (Å²) in [5.74, 6) is 0. The molecule has 5 nitrogen and oxygen atoms in total. The predicted molar refractivity (Wildman–Crippen MR) is 106 cm³/mol. The minimum absolute atomic E-state index is 0.258. The average molecular weight is 408 g/mol. The van der Waals surface area contributed by atoms with Gasteiger partial charge in [0.1, 0.15) is 5.01 Å². The van der Waals surface area contributed by atoms with E-state index in [1.54, 1.807) is 13.8 Å². The van der Waals surface area contributed by atoms with Crippen LogP contribution < -0.4 is 4.72 Å². The first kappa shape index (κ1) is 18.8. The second-order valence-corrected chi connectivity index (χ2v) is 9.26. The summed E-state index contributed by atoms with van der Waals surface area (Å²) in [5, 5.41) is 9.70. The van der Waals surface area contributed by atoms with Gasteiger partial charge < -0.3 is 0 Å². The number of halogens is 1. The van der Waals surface area contributed by atoms with Gasteiger partial charge in [-0.25, -0.2) is 8.42 Å². The van der Waals surface area contributed by atoms with E-state index in [0.717, 1.165) is 16.1 Å². The third kappa shape index (κ3) is 4.23. The highest BCUT2D eigenvalue weighted by molar-refractivity contribution is 7.93. The summed E-state index contributed by atoms with van der Waals surface area (Å²) in [7, 11) is -3.72. The number of hydrogen-bond donors (Lipinski definition) is 1. The van der Waals surface area contributed by atoms with E-state index in [-0.39, 0.29) is 10.0 Å². The van der Waals surface area contributed by atoms with Gasteiger partial charge in [0, 0.05) is 11.4 Å². The zero-order chi connectivity index (χ0) is 18.9. The maximum Gasteiger partial charge on any atom is 0.264 e. The lowest BCUT2D eigenvalue weighted by atomic mass is 10.1. The van der Waals surface area contributed by atoms with E-state index in [1.807, 2.05) is 43.3 Å². The van der Waals surface area contributed by atoms with Crippen LogP contribution in [0.1, 0.15) is 27.3 Å². The number of nitrogens with zero attached hydrogens (tertiary/aromatic N) is 2. The normalized spacial score (nSPS) is 11.5. The number of sulfonamides is 1. The number of anilines is 1. The quantitative estimate of drug-likeness (QED) is 0.675. The lowest BCUT2D eigenvalue weighted by Crippen LogP contribution is -2.15. The van der Waals surface area contributed by atoms with Gasteiger partial charge in [0.05, 0.1) is 4.90 Å². The molecule has 3 aromatic rings. The monoisotopic (exact) mass is 407 g/mol. The van der Waals surface area contributed by atoms with Crippen molar-refractivity contribution in [2.24, 2.45) is 0 Å². The highest BCUT2D eigenvalue weighted by atomic mass is 35.5. The predicted octanol–water partition coefficient (Wildman–Crippen LogP) is 4.51. The number of nitrogens with one attached hydrogen (secondary N) is 1. The van der Waals surface area contributed by atoms with Crippen molar-refractivity contribution >= 4 is 38.1 Å². The van der Waals surface area contributed by atoms with E-state index in [0.29, 0.717) is 22.6 Å². The van der Waals surface area contributed by atoms with Gasteiger partial charge in [0.15, 0.2) is 0 Å². The van der Waals surface area contributed by atoms with Gasteiger partial charge in [0.2, 0.25) is 5.13 Å². The number of benzene rings is 2. The molecule has 136 valence electrons. The van der Waals surface area contributed by atoms with Crippen molar-refractivity contribution in [3.8, 4) is 0 Å². The van der Waals surface area contributed by atoms with Gasteiger partial charge in [0.25, 0.3) is 10.0 Å². The summed E-state index contributed by atoms with van der Waals surface area (Å²) in [6, 6.07) is 11.1. The summed E-state index contributed by atoms with van der Waals surface area (Å²) in [6.45, 7) is 5.53. The van der Waals surface area contributed by atoms with E-state index >= 15 is 0 Å². The molecule has 3 rings (SSSR count). The first-order chi connectivity index (χ1) is 12.2. The number of aryl methyl sites for hydroxylation is 3. The summed E-state index contributed by atoms with van der Waals surface area (Å²) in [6.07, 6.45) is 0.569. The molecule has 0 aliphatic carbocycles. The van der Waals surface area contributed by atoms with Gasteiger partial charge >= 0.3 is 0 Å². The van der Waals surface area contributed by atoms with E-state index in [1.165, 1.54) is 11.3 Å². The van der Waals surface area contributed by atoms with Crippen LogP contribution in [-0.2, 0) is 16.4 Å². The highest BCUT2D eigenvalue weighted by Gasteiger charge is 2.21. The maximum atomic E-state index is 12.8. The lowest BCUT2D eigenvalue weighted by molar-refractivity contribution is 0.600. The fourth-order valence-electron chi connectivity index (χ4n) is 2.90. The molecule has 2 aromatic carbocycles. The second-order valence-electron chi connectivity index (χ2n) is 6.14. The third-order valence-corrected chi connectivity index (χ3v) is 6.69. The third-order valence-electron chi connectivity index (χ3n) is 3.83. The van der Waals surface area contributed by atoms with E-state index < -0.39 is 10.0 Å². The molecule has 1 aromatic heterocycles. The Morgan fingerprint density at radius 1 is 1.04 bits per heavy atom. The van der Waals surface area contributed by atoms with Crippen molar-refractivity contribution in [2.75, 3.05) is 4.72 Å². The Hall–Kier alpha value is -1.96. The van der Waals surface area contributed by atoms with Crippen LogP contribution in [0, 0.1) is 20.8 Å². The molecule has 0 aliphatic rings. The van der Waals surface area contributed by atoms with Crippen molar-refractivity contribution in [3.05, 3.63) is 68.7 Å². The van der Waals surface area contributed by atoms with E-state index in [2.05, 4.69) is 14.9 Å². The molecule has 0 saturated heterocycles. The Morgan fingerprint density at radius 3 is 2.27 bits per heavy atom. The van der Waals surface area contributed by atoms with Gasteiger partial charge in [-0.05, 0) is 49.6 Å². The molecule has 1 N–H and O–H groups in total. The van der Waals surface area contributed by atoms with Crippen LogP contribution in [0.2, 0.25) is 5.02 Å². The smallest absolute Gasteiger partial charge is 0.253 e. The molecule has 0 saturated carbocycles. The van der Waals surface area contributed by atoms with Crippen LogP contribution in [0.15, 0.2) is 41.3 Å². The van der Waals surface area contributed by atoms with Crippen LogP contribution in [0.4, 0.5) is 5.13 Å². The van der Waals surface area contributed by atoms with Crippen LogP contribution in [0.5, 0.6) is 0 Å². The minimum atomic E-state index is -3.72. The Labute approximate surface area is 162 Å². The minimum Gasteiger partial charge on any atom is -0.253 e. The average Bonchev–Trinajstić information content (AvgIpc) is 2.94. The largest absolute Gasteiger partial charge is 0.264 e. The summed E-state index contributed by atoms with van der Waals surface area (Å²) >= 11 is 7.11. The molecular weight excluding hydrogens is 390 g/mol. The van der Waals surface area contributed by atoms with Crippen molar-refractivity contribution in [1.29, 1.82) is 0 Å². The van der Waals surface area contributed by atoms with Crippen molar-refractivity contribution in [1.82, 2.24) is 10.2 Å². The SMILES string of the molecule is Cc1cc(C)c(S(=O)(=O)Nc2nnc(Cc3ccc(Cl)cc3)s2)c(C)c1. The highest BCUT2D eigenvalue weighted by Crippen LogP contribution is 2.26. The van der Waals surface area contributed by atoms with Crippen LogP contribution >= 0.6 is 22.9 Å². The zero-order valence-corrected chi connectivity index (χ0v) is 17.0. The summed E-state index contributed by atoms with van der Waals surface area (Å²) in [4.78, 5) is 0.289. The fourth-order valence-corrected chi connectivity index (χ4v) is 5.49. The van der Waals surface area contributed by atoms with Gasteiger partial charge in [-0.15, -0.1) is 10.2 Å². The molecule has 1 heterocycles. The summed E-state index contributed by atoms with van der Waals surface area (Å²) < 4.78 is 28.1. The van der Waals surface area contributed by atoms with Crippen molar-refractivity contribution in [3.63, 3.8) is 0 Å². The lowest BCUT2D eigenvalue weighted by Gasteiger charge is -2.12. The van der Waals surface area contributed by atoms with Gasteiger partial charge in [-0.3, -0.25) is 4.72 Å². The first-order valence-electron chi connectivity index (χ1n) is 7.92. The number of rotatable bonds is 5. The topological polar surface area (TPSA) is 72.0 Å². The molecule has 8 heteroatoms. The molecule has 0 aliphatic heterocycles. The Kier molecular flexibility index (Phi) is 5.32. The molecule has 0 fully saturated rings. The Balaban J connectivity index is 1.81. The molecule has 0 atom stereocenters. The maximum absolute atomic E-state index is 12.8. The number of hydrogen-bond acceptors (Lipinski definition) is 5. The van der Waals surface area contributed by atoms with Crippen molar-refractivity contribution in [2.45, 2.75) is 32.1 Å². The van der Waals surface area contributed by atoms with Crippen LogP contribution in [0.25, 0.3) is 0 Å². The van der Waals surface area contributed by atoms with E-state index in [4.69, 9.17) is 11.6 Å². The van der Waals surface area contributed by atoms with Gasteiger partial charge in [-0.2, -0.15) is 0 Å². The fraction of sp³-hybridized carbons (Fsp3) is 0.222. The molecule has 0 unspecified atom stereocenters. The molecule has 0 spiro atoms. The van der Waals surface area contributed by atoms with Crippen LogP contribution in [0.3, 0.4) is 0 Å². The molecule has 0 amide bonds. The van der Waals surface area contributed by atoms with Crippen molar-refractivity contribution < 1.29 is 8.42 Å². The van der Waals surface area contributed by atoms with Gasteiger partial charge in [-0.1, -0.05) is 52.8 Å². The zero-order valence-electron chi connectivity index (χ0n) is 14.6. The van der Waals surface area contributed by atoms with E-state index in [9.17, 15) is 8.42 Å². The molecule has 0 bridgehead atoms. The Bertz CT molecular complexity index is 1020. The van der Waals surface area contributed by atoms with Crippen LogP contribution in [-0.4, -0.2) is 18.6 Å². The standard InChI is InChI=1S/C18H18ClN3O2S2/c1-11-8-12(2)17(13(3)9-11)26(23,24)22-18-21-20-16(25-18)10-14-4-6-15(19)7-5-14/h4-9H,10H2,1-3H3,(H,21,22).